The monoisotopic (exact) mass is 384 g/mol. The summed E-state index contributed by atoms with van der Waals surface area (Å²) in [5.74, 6) is 0.407. The molecule has 0 saturated carbocycles. The molecule has 1 N–H and O–H groups in total. The minimum atomic E-state index is -1.13. The van der Waals surface area contributed by atoms with Gasteiger partial charge in [0, 0.05) is 24.6 Å². The summed E-state index contributed by atoms with van der Waals surface area (Å²) in [7, 11) is 1.54. The zero-order valence-electron chi connectivity index (χ0n) is 15.8. The highest BCUT2D eigenvalue weighted by Crippen LogP contribution is 2.43. The number of benzene rings is 1. The van der Waals surface area contributed by atoms with E-state index in [0.717, 1.165) is 5.56 Å². The largest absolute Gasteiger partial charge is 0.481 e. The third-order valence-corrected chi connectivity index (χ3v) is 5.44. The third kappa shape index (κ3) is 3.55. The van der Waals surface area contributed by atoms with Gasteiger partial charge in [-0.1, -0.05) is 30.3 Å². The molecule has 7 nitrogen and oxygen atoms in total. The van der Waals surface area contributed by atoms with Crippen molar-refractivity contribution in [3.05, 3.63) is 59.8 Å². The molecule has 3 heterocycles. The number of amides is 1. The van der Waals surface area contributed by atoms with Crippen LogP contribution in [0.4, 0.5) is 4.79 Å². The molecular weight excluding hydrogens is 360 g/mol. The van der Waals surface area contributed by atoms with Crippen LogP contribution in [0.15, 0.2) is 48.7 Å². The lowest BCUT2D eigenvalue weighted by atomic mass is 9.77. The van der Waals surface area contributed by atoms with E-state index < -0.39 is 5.60 Å². The molecule has 7 heteroatoms. The lowest BCUT2D eigenvalue weighted by Crippen LogP contribution is -2.62. The summed E-state index contributed by atoms with van der Waals surface area (Å²) < 4.78 is 16.5. The molecule has 148 valence electrons. The van der Waals surface area contributed by atoms with Crippen molar-refractivity contribution in [2.24, 2.45) is 0 Å². The Balaban J connectivity index is 1.51. The minimum absolute atomic E-state index is 0.219. The van der Waals surface area contributed by atoms with Gasteiger partial charge in [0.1, 0.15) is 6.61 Å². The molecule has 1 amide bonds. The molecular formula is C21H24N2O5. The Morgan fingerprint density at radius 1 is 1.21 bits per heavy atom. The predicted molar refractivity (Wildman–Crippen MR) is 101 cm³/mol. The molecule has 0 radical (unpaired) electrons. The van der Waals surface area contributed by atoms with Crippen LogP contribution in [0.5, 0.6) is 5.88 Å². The Kier molecular flexibility index (Phi) is 5.19. The first-order valence-corrected chi connectivity index (χ1v) is 9.39. The lowest BCUT2D eigenvalue weighted by Gasteiger charge is -2.50. The predicted octanol–water partition coefficient (Wildman–Crippen LogP) is 2.48. The number of carbonyl (C=O) groups is 1. The van der Waals surface area contributed by atoms with Crippen LogP contribution < -0.4 is 4.74 Å². The third-order valence-electron chi connectivity index (χ3n) is 5.44. The molecule has 28 heavy (non-hydrogen) atoms. The standard InChI is InChI=1S/C21H24N2O5/c1-26-19-18(8-5-9-22-19)21(25)10-16-13-27-14-17(11-21)23(16)20(24)28-12-15-6-3-2-4-7-15/h2-9,16-17,25H,10-14H2,1H3. The molecule has 2 bridgehead atoms. The van der Waals surface area contributed by atoms with Crippen LogP contribution in [-0.4, -0.2) is 53.5 Å². The zero-order valence-corrected chi connectivity index (χ0v) is 15.8. The number of hydrogen-bond acceptors (Lipinski definition) is 6. The summed E-state index contributed by atoms with van der Waals surface area (Å²) in [6.45, 7) is 0.945. The number of aliphatic hydroxyl groups is 1. The molecule has 2 atom stereocenters. The first-order chi connectivity index (χ1) is 13.6. The van der Waals surface area contributed by atoms with Crippen LogP contribution >= 0.6 is 0 Å². The van der Waals surface area contributed by atoms with E-state index in [9.17, 15) is 9.90 Å². The van der Waals surface area contributed by atoms with Crippen molar-refractivity contribution in [2.75, 3.05) is 20.3 Å². The van der Waals surface area contributed by atoms with E-state index in [1.165, 1.54) is 7.11 Å². The fourth-order valence-corrected chi connectivity index (χ4v) is 4.20. The Morgan fingerprint density at radius 2 is 1.93 bits per heavy atom. The maximum Gasteiger partial charge on any atom is 0.410 e. The number of aromatic nitrogens is 1. The molecule has 2 saturated heterocycles. The van der Waals surface area contributed by atoms with E-state index >= 15 is 0 Å². The number of pyridine rings is 1. The van der Waals surface area contributed by atoms with Crippen LogP contribution in [0.1, 0.15) is 24.0 Å². The van der Waals surface area contributed by atoms with Gasteiger partial charge in [-0.05, 0) is 17.7 Å². The van der Waals surface area contributed by atoms with Gasteiger partial charge in [0.2, 0.25) is 5.88 Å². The van der Waals surface area contributed by atoms with Gasteiger partial charge in [0.15, 0.2) is 0 Å². The van der Waals surface area contributed by atoms with Gasteiger partial charge < -0.3 is 19.3 Å². The Labute approximate surface area is 163 Å². The molecule has 1 aromatic carbocycles. The summed E-state index contributed by atoms with van der Waals surface area (Å²) in [4.78, 5) is 18.7. The highest BCUT2D eigenvalue weighted by Gasteiger charge is 2.50. The second kappa shape index (κ2) is 7.77. The number of morpholine rings is 1. The number of nitrogens with zero attached hydrogens (tertiary/aromatic N) is 2. The van der Waals surface area contributed by atoms with E-state index in [0.29, 0.717) is 37.5 Å². The van der Waals surface area contributed by atoms with Crippen molar-refractivity contribution in [2.45, 2.75) is 37.1 Å². The number of rotatable bonds is 4. The first-order valence-electron chi connectivity index (χ1n) is 9.39. The molecule has 2 aliphatic heterocycles. The van der Waals surface area contributed by atoms with E-state index in [4.69, 9.17) is 14.2 Å². The summed E-state index contributed by atoms with van der Waals surface area (Å²) in [6.07, 6.45) is 1.94. The molecule has 0 spiro atoms. The quantitative estimate of drug-likeness (QED) is 0.872. The van der Waals surface area contributed by atoms with Crippen LogP contribution in [0, 0.1) is 0 Å². The fourth-order valence-electron chi connectivity index (χ4n) is 4.20. The van der Waals surface area contributed by atoms with E-state index in [1.54, 1.807) is 17.2 Å². The average Bonchev–Trinajstić information content (AvgIpc) is 2.72. The number of methoxy groups -OCH3 is 1. The van der Waals surface area contributed by atoms with Crippen molar-refractivity contribution in [3.63, 3.8) is 0 Å². The first kappa shape index (κ1) is 18.7. The van der Waals surface area contributed by atoms with Crippen molar-refractivity contribution < 1.29 is 24.1 Å². The van der Waals surface area contributed by atoms with Crippen molar-refractivity contribution in [1.82, 2.24) is 9.88 Å². The maximum atomic E-state index is 12.8. The molecule has 2 aromatic rings. The SMILES string of the molecule is COc1ncccc1C1(O)CC2COCC(C1)N2C(=O)OCc1ccccc1. The number of piperidine rings is 1. The van der Waals surface area contributed by atoms with Crippen molar-refractivity contribution >= 4 is 6.09 Å². The molecule has 0 aliphatic carbocycles. The van der Waals surface area contributed by atoms with E-state index in [-0.39, 0.29) is 24.8 Å². The molecule has 2 unspecified atom stereocenters. The van der Waals surface area contributed by atoms with Gasteiger partial charge in [0.25, 0.3) is 0 Å². The van der Waals surface area contributed by atoms with Gasteiger partial charge >= 0.3 is 6.09 Å². The second-order valence-corrected chi connectivity index (χ2v) is 7.29. The number of hydrogen-bond donors (Lipinski definition) is 1. The van der Waals surface area contributed by atoms with Crippen LogP contribution in [-0.2, 0) is 21.7 Å². The number of ether oxygens (including phenoxy) is 3. The van der Waals surface area contributed by atoms with Crippen LogP contribution in [0.2, 0.25) is 0 Å². The lowest BCUT2D eigenvalue weighted by molar-refractivity contribution is -0.137. The van der Waals surface area contributed by atoms with Crippen molar-refractivity contribution in [1.29, 1.82) is 0 Å². The summed E-state index contributed by atoms with van der Waals surface area (Å²) in [5, 5.41) is 11.4. The summed E-state index contributed by atoms with van der Waals surface area (Å²) in [5.41, 5.74) is 0.451. The number of carbonyl (C=O) groups excluding carboxylic acids is 1. The van der Waals surface area contributed by atoms with Gasteiger partial charge in [-0.3, -0.25) is 4.90 Å². The average molecular weight is 384 g/mol. The van der Waals surface area contributed by atoms with E-state index in [2.05, 4.69) is 4.98 Å². The van der Waals surface area contributed by atoms with Crippen molar-refractivity contribution in [3.8, 4) is 5.88 Å². The Morgan fingerprint density at radius 3 is 2.61 bits per heavy atom. The van der Waals surface area contributed by atoms with Gasteiger partial charge in [0.05, 0.1) is 38.0 Å². The highest BCUT2D eigenvalue weighted by molar-refractivity contribution is 5.69. The maximum absolute atomic E-state index is 12.8. The number of fused-ring (bicyclic) bond motifs is 2. The topological polar surface area (TPSA) is 81.1 Å². The normalized spacial score (nSPS) is 26.6. The van der Waals surface area contributed by atoms with Gasteiger partial charge in [-0.2, -0.15) is 0 Å². The Bertz CT molecular complexity index is 815. The summed E-state index contributed by atoms with van der Waals surface area (Å²) in [6, 6.07) is 12.6. The molecule has 4 rings (SSSR count). The Hall–Kier alpha value is -2.64. The summed E-state index contributed by atoms with van der Waals surface area (Å²) >= 11 is 0. The minimum Gasteiger partial charge on any atom is -0.481 e. The fraction of sp³-hybridized carbons (Fsp3) is 0.429. The highest BCUT2D eigenvalue weighted by atomic mass is 16.6. The van der Waals surface area contributed by atoms with Gasteiger partial charge in [-0.25, -0.2) is 9.78 Å². The zero-order chi connectivity index (χ0) is 19.6. The molecule has 1 aromatic heterocycles. The smallest absolute Gasteiger partial charge is 0.410 e. The van der Waals surface area contributed by atoms with Gasteiger partial charge in [-0.15, -0.1) is 0 Å². The van der Waals surface area contributed by atoms with Crippen LogP contribution in [0.25, 0.3) is 0 Å². The molecule has 2 aliphatic rings. The van der Waals surface area contributed by atoms with Crippen LogP contribution in [0.3, 0.4) is 0 Å². The second-order valence-electron chi connectivity index (χ2n) is 7.29. The van der Waals surface area contributed by atoms with E-state index in [1.807, 2.05) is 36.4 Å². The molecule has 2 fully saturated rings.